The van der Waals surface area contributed by atoms with Crippen LogP contribution in [0.1, 0.15) is 24.2 Å². The minimum Gasteiger partial charge on any atom is -0.444 e. The lowest BCUT2D eigenvalue weighted by molar-refractivity contribution is -0.274. The number of aromatic nitrogens is 1. The molecule has 0 saturated carbocycles. The van der Waals surface area contributed by atoms with E-state index in [4.69, 9.17) is 4.42 Å². The quantitative estimate of drug-likeness (QED) is 0.575. The Morgan fingerprint density at radius 1 is 1.07 bits per heavy atom. The number of hydrogen-bond acceptors (Lipinski definition) is 4. The standard InChI is InChI=1S/C20H19F3N2O2/c1-14(15-6-4-3-5-7-15)25(2)12-17-13-26-19(24-17)16-8-10-18(11-9-16)27-20(21,22)23/h3-11,13-14H,12H2,1-2H3. The van der Waals surface area contributed by atoms with Gasteiger partial charge in [-0.3, -0.25) is 4.90 Å². The third kappa shape index (κ3) is 5.10. The van der Waals surface area contributed by atoms with E-state index in [-0.39, 0.29) is 11.8 Å². The number of alkyl halides is 3. The van der Waals surface area contributed by atoms with Gasteiger partial charge >= 0.3 is 6.36 Å². The Morgan fingerprint density at radius 3 is 2.37 bits per heavy atom. The van der Waals surface area contributed by atoms with Crippen molar-refractivity contribution in [3.63, 3.8) is 0 Å². The average Bonchev–Trinajstić information content (AvgIpc) is 3.09. The molecule has 0 aliphatic heterocycles. The Labute approximate surface area is 155 Å². The molecule has 27 heavy (non-hydrogen) atoms. The summed E-state index contributed by atoms with van der Waals surface area (Å²) in [5, 5.41) is 0. The Morgan fingerprint density at radius 2 is 1.74 bits per heavy atom. The van der Waals surface area contributed by atoms with E-state index in [2.05, 4.69) is 33.7 Å². The van der Waals surface area contributed by atoms with E-state index in [0.717, 1.165) is 5.69 Å². The van der Waals surface area contributed by atoms with E-state index in [0.29, 0.717) is 18.0 Å². The summed E-state index contributed by atoms with van der Waals surface area (Å²) < 4.78 is 46.0. The highest BCUT2D eigenvalue weighted by Crippen LogP contribution is 2.27. The molecular formula is C20H19F3N2O2. The van der Waals surface area contributed by atoms with E-state index in [1.807, 2.05) is 25.2 Å². The monoisotopic (exact) mass is 376 g/mol. The number of rotatable bonds is 6. The van der Waals surface area contributed by atoms with Gasteiger partial charge < -0.3 is 9.15 Å². The summed E-state index contributed by atoms with van der Waals surface area (Å²) in [7, 11) is 2.00. The molecular weight excluding hydrogens is 357 g/mol. The van der Waals surface area contributed by atoms with E-state index in [1.165, 1.54) is 29.8 Å². The molecule has 0 N–H and O–H groups in total. The van der Waals surface area contributed by atoms with Gasteiger partial charge in [0.05, 0.1) is 5.69 Å². The molecule has 0 radical (unpaired) electrons. The summed E-state index contributed by atoms with van der Waals surface area (Å²) in [5.41, 5.74) is 2.52. The Kier molecular flexibility index (Phi) is 5.51. The van der Waals surface area contributed by atoms with E-state index in [9.17, 15) is 13.2 Å². The Balaban J connectivity index is 1.66. The second kappa shape index (κ2) is 7.84. The van der Waals surface area contributed by atoms with Gasteiger partial charge in [0.25, 0.3) is 0 Å². The van der Waals surface area contributed by atoms with Crippen LogP contribution in [0.4, 0.5) is 13.2 Å². The van der Waals surface area contributed by atoms with Crippen molar-refractivity contribution in [1.29, 1.82) is 0 Å². The van der Waals surface area contributed by atoms with Crippen molar-refractivity contribution in [2.75, 3.05) is 7.05 Å². The van der Waals surface area contributed by atoms with Crippen molar-refractivity contribution < 1.29 is 22.3 Å². The molecule has 2 aromatic carbocycles. The van der Waals surface area contributed by atoms with Crippen LogP contribution in [0.3, 0.4) is 0 Å². The molecule has 0 fully saturated rings. The van der Waals surface area contributed by atoms with Crippen molar-refractivity contribution >= 4 is 0 Å². The largest absolute Gasteiger partial charge is 0.573 e. The molecule has 1 atom stereocenters. The minimum absolute atomic E-state index is 0.199. The Bertz CT molecular complexity index is 861. The number of nitrogens with zero attached hydrogens (tertiary/aromatic N) is 2. The third-order valence-corrected chi connectivity index (χ3v) is 4.24. The first-order chi connectivity index (χ1) is 12.8. The van der Waals surface area contributed by atoms with Crippen LogP contribution in [-0.4, -0.2) is 23.3 Å². The van der Waals surface area contributed by atoms with Crippen LogP contribution in [0.5, 0.6) is 5.75 Å². The highest BCUT2D eigenvalue weighted by molar-refractivity contribution is 5.54. The minimum atomic E-state index is -4.71. The first-order valence-electron chi connectivity index (χ1n) is 8.37. The van der Waals surface area contributed by atoms with Gasteiger partial charge in [0.15, 0.2) is 0 Å². The smallest absolute Gasteiger partial charge is 0.444 e. The molecule has 0 bridgehead atoms. The zero-order valence-electron chi connectivity index (χ0n) is 14.9. The van der Waals surface area contributed by atoms with Crippen LogP contribution >= 0.6 is 0 Å². The molecule has 7 heteroatoms. The zero-order valence-corrected chi connectivity index (χ0v) is 14.9. The maximum absolute atomic E-state index is 12.2. The summed E-state index contributed by atoms with van der Waals surface area (Å²) in [6.07, 6.45) is -3.15. The predicted molar refractivity (Wildman–Crippen MR) is 94.9 cm³/mol. The van der Waals surface area contributed by atoms with E-state index in [1.54, 1.807) is 6.26 Å². The summed E-state index contributed by atoms with van der Waals surface area (Å²) >= 11 is 0. The van der Waals surface area contributed by atoms with Crippen LogP contribution in [-0.2, 0) is 6.54 Å². The summed E-state index contributed by atoms with van der Waals surface area (Å²) in [6.45, 7) is 2.69. The molecule has 1 aromatic heterocycles. The van der Waals surface area contributed by atoms with Gasteiger partial charge in [-0.2, -0.15) is 0 Å². The molecule has 0 amide bonds. The fraction of sp³-hybridized carbons (Fsp3) is 0.250. The molecule has 1 unspecified atom stereocenters. The fourth-order valence-corrected chi connectivity index (χ4v) is 2.69. The maximum Gasteiger partial charge on any atom is 0.573 e. The topological polar surface area (TPSA) is 38.5 Å². The highest BCUT2D eigenvalue weighted by Gasteiger charge is 2.31. The molecule has 0 aliphatic carbocycles. The first-order valence-corrected chi connectivity index (χ1v) is 8.37. The Hall–Kier alpha value is -2.80. The second-order valence-electron chi connectivity index (χ2n) is 6.22. The van der Waals surface area contributed by atoms with Crippen LogP contribution in [0, 0.1) is 0 Å². The van der Waals surface area contributed by atoms with E-state index < -0.39 is 6.36 Å². The lowest BCUT2D eigenvalue weighted by Crippen LogP contribution is -2.22. The first kappa shape index (κ1) is 19.0. The second-order valence-corrected chi connectivity index (χ2v) is 6.22. The molecule has 1 heterocycles. The normalized spacial score (nSPS) is 13.0. The summed E-state index contributed by atoms with van der Waals surface area (Å²) in [6, 6.07) is 15.7. The molecule has 0 spiro atoms. The van der Waals surface area contributed by atoms with Gasteiger partial charge in [-0.25, -0.2) is 4.98 Å². The molecule has 0 saturated heterocycles. The zero-order chi connectivity index (χ0) is 19.4. The van der Waals surface area contributed by atoms with Gasteiger partial charge in [0, 0.05) is 18.2 Å². The van der Waals surface area contributed by atoms with Gasteiger partial charge in [-0.1, -0.05) is 30.3 Å². The molecule has 3 rings (SSSR count). The SMILES string of the molecule is CC(c1ccccc1)N(C)Cc1coc(-c2ccc(OC(F)(F)F)cc2)n1. The molecule has 3 aromatic rings. The number of halogens is 3. The van der Waals surface area contributed by atoms with Gasteiger partial charge in [-0.05, 0) is 43.8 Å². The van der Waals surface area contributed by atoms with Crippen molar-refractivity contribution in [3.05, 3.63) is 72.1 Å². The van der Waals surface area contributed by atoms with E-state index >= 15 is 0 Å². The third-order valence-electron chi connectivity index (χ3n) is 4.24. The lowest BCUT2D eigenvalue weighted by Gasteiger charge is -2.24. The van der Waals surface area contributed by atoms with Gasteiger partial charge in [0.1, 0.15) is 12.0 Å². The lowest BCUT2D eigenvalue weighted by atomic mass is 10.1. The van der Waals surface area contributed by atoms with Gasteiger partial charge in [-0.15, -0.1) is 13.2 Å². The van der Waals surface area contributed by atoms with Crippen molar-refractivity contribution in [2.24, 2.45) is 0 Å². The number of benzene rings is 2. The number of hydrogen-bond donors (Lipinski definition) is 0. The number of ether oxygens (including phenoxy) is 1. The highest BCUT2D eigenvalue weighted by atomic mass is 19.4. The van der Waals surface area contributed by atoms with Crippen LogP contribution in [0.25, 0.3) is 11.5 Å². The summed E-state index contributed by atoms with van der Waals surface area (Å²) in [4.78, 5) is 6.57. The van der Waals surface area contributed by atoms with Crippen LogP contribution in [0.2, 0.25) is 0 Å². The molecule has 142 valence electrons. The predicted octanol–water partition coefficient (Wildman–Crippen LogP) is 5.43. The van der Waals surface area contributed by atoms with Crippen LogP contribution < -0.4 is 4.74 Å². The fourth-order valence-electron chi connectivity index (χ4n) is 2.69. The maximum atomic E-state index is 12.2. The van der Waals surface area contributed by atoms with Gasteiger partial charge in [0.2, 0.25) is 5.89 Å². The number of oxazole rings is 1. The molecule has 0 aliphatic rings. The summed E-state index contributed by atoms with van der Waals surface area (Å²) in [5.74, 6) is 0.0683. The average molecular weight is 376 g/mol. The van der Waals surface area contributed by atoms with Crippen molar-refractivity contribution in [1.82, 2.24) is 9.88 Å². The van der Waals surface area contributed by atoms with Crippen molar-refractivity contribution in [3.8, 4) is 17.2 Å². The van der Waals surface area contributed by atoms with Crippen LogP contribution in [0.15, 0.2) is 65.3 Å². The van der Waals surface area contributed by atoms with Crippen molar-refractivity contribution in [2.45, 2.75) is 25.9 Å². The molecule has 4 nitrogen and oxygen atoms in total.